The molecular formula is C15H23NOS. The maximum atomic E-state index is 9.10. The molecule has 0 saturated carbocycles. The van der Waals surface area contributed by atoms with Gasteiger partial charge < -0.3 is 10.8 Å². The summed E-state index contributed by atoms with van der Waals surface area (Å²) in [4.78, 5) is 0. The molecule has 0 heterocycles. The van der Waals surface area contributed by atoms with Crippen LogP contribution in [-0.2, 0) is 0 Å². The Kier molecular flexibility index (Phi) is 4.71. The summed E-state index contributed by atoms with van der Waals surface area (Å²) in [7, 11) is 0. The number of rotatable bonds is 4. The van der Waals surface area contributed by atoms with Crippen molar-refractivity contribution in [3.63, 3.8) is 0 Å². The smallest absolute Gasteiger partial charge is 0.0464 e. The van der Waals surface area contributed by atoms with Gasteiger partial charge in [-0.3, -0.25) is 0 Å². The average molecular weight is 265 g/mol. The minimum atomic E-state index is 0.133. The van der Waals surface area contributed by atoms with E-state index in [0.717, 1.165) is 12.2 Å². The van der Waals surface area contributed by atoms with Crippen LogP contribution in [0.15, 0.2) is 24.3 Å². The predicted molar refractivity (Wildman–Crippen MR) is 78.9 cm³/mol. The van der Waals surface area contributed by atoms with Crippen molar-refractivity contribution in [3.8, 4) is 0 Å². The Hall–Kier alpha value is -0.510. The fourth-order valence-electron chi connectivity index (χ4n) is 2.60. The first kappa shape index (κ1) is 13.9. The molecular weight excluding hydrogens is 242 g/mol. The summed E-state index contributed by atoms with van der Waals surface area (Å²) in [5.41, 5.74) is 9.12. The topological polar surface area (TPSA) is 46.2 Å². The second-order valence-electron chi connectivity index (χ2n) is 5.45. The molecule has 0 amide bonds. The molecule has 0 fully saturated rings. The zero-order valence-corrected chi connectivity index (χ0v) is 12.0. The minimum Gasteiger partial charge on any atom is -0.396 e. The molecule has 0 radical (unpaired) electrons. The van der Waals surface area contributed by atoms with Gasteiger partial charge >= 0.3 is 0 Å². The highest BCUT2D eigenvalue weighted by atomic mass is 32.2. The molecule has 2 rings (SSSR count). The third-order valence-corrected chi connectivity index (χ3v) is 5.45. The number of nitrogens with two attached hydrogens (primary N) is 1. The van der Waals surface area contributed by atoms with Crippen LogP contribution in [0.25, 0.3) is 0 Å². The van der Waals surface area contributed by atoms with Crippen LogP contribution in [0.5, 0.6) is 0 Å². The monoisotopic (exact) mass is 265 g/mol. The first-order chi connectivity index (χ1) is 8.63. The molecule has 1 aromatic rings. The van der Waals surface area contributed by atoms with Crippen LogP contribution in [0, 0.1) is 5.92 Å². The van der Waals surface area contributed by atoms with Gasteiger partial charge in [-0.1, -0.05) is 38.1 Å². The van der Waals surface area contributed by atoms with Gasteiger partial charge in [0.2, 0.25) is 0 Å². The molecule has 3 N–H and O–H groups in total. The number of hydrogen-bond donors (Lipinski definition) is 2. The van der Waals surface area contributed by atoms with E-state index >= 15 is 0 Å². The van der Waals surface area contributed by atoms with E-state index < -0.39 is 0 Å². The van der Waals surface area contributed by atoms with E-state index in [9.17, 15) is 0 Å². The lowest BCUT2D eigenvalue weighted by atomic mass is 9.81. The molecule has 2 nitrogen and oxygen atoms in total. The van der Waals surface area contributed by atoms with E-state index in [1.54, 1.807) is 0 Å². The highest BCUT2D eigenvalue weighted by molar-refractivity contribution is 7.99. The van der Waals surface area contributed by atoms with E-state index in [2.05, 4.69) is 38.1 Å². The zero-order valence-electron chi connectivity index (χ0n) is 11.2. The van der Waals surface area contributed by atoms with Crippen molar-refractivity contribution in [3.05, 3.63) is 35.4 Å². The minimum absolute atomic E-state index is 0.133. The Labute approximate surface area is 114 Å². The van der Waals surface area contributed by atoms with Gasteiger partial charge in [0.05, 0.1) is 0 Å². The van der Waals surface area contributed by atoms with E-state index in [1.807, 2.05) is 11.8 Å². The summed E-state index contributed by atoms with van der Waals surface area (Å²) in [6.45, 7) is 4.63. The van der Waals surface area contributed by atoms with Crippen LogP contribution in [0.1, 0.15) is 43.4 Å². The molecule has 0 aromatic heterocycles. The molecule has 0 saturated heterocycles. The van der Waals surface area contributed by atoms with Crippen LogP contribution >= 0.6 is 11.8 Å². The van der Waals surface area contributed by atoms with Crippen molar-refractivity contribution in [2.75, 3.05) is 12.4 Å². The Morgan fingerprint density at radius 2 is 2.06 bits per heavy atom. The number of aliphatic hydroxyl groups is 1. The second kappa shape index (κ2) is 6.09. The summed E-state index contributed by atoms with van der Waals surface area (Å²) in [6.07, 6.45) is 1.14. The predicted octanol–water partition coefficient (Wildman–Crippen LogP) is 2.92. The van der Waals surface area contributed by atoms with Crippen molar-refractivity contribution in [1.29, 1.82) is 0 Å². The highest BCUT2D eigenvalue weighted by Crippen LogP contribution is 2.41. The van der Waals surface area contributed by atoms with Gasteiger partial charge in [0.15, 0.2) is 0 Å². The fraction of sp³-hybridized carbons (Fsp3) is 0.600. The molecule has 1 aromatic carbocycles. The average Bonchev–Trinajstić information content (AvgIpc) is 2.41. The van der Waals surface area contributed by atoms with Crippen LogP contribution in [-0.4, -0.2) is 22.7 Å². The van der Waals surface area contributed by atoms with Gasteiger partial charge in [0, 0.05) is 17.9 Å². The molecule has 1 aliphatic carbocycles. The molecule has 4 unspecified atom stereocenters. The highest BCUT2D eigenvalue weighted by Gasteiger charge is 2.30. The largest absolute Gasteiger partial charge is 0.396 e. The van der Waals surface area contributed by atoms with Gasteiger partial charge in [-0.15, -0.1) is 0 Å². The van der Waals surface area contributed by atoms with Gasteiger partial charge in [-0.2, -0.15) is 11.8 Å². The van der Waals surface area contributed by atoms with Crippen molar-refractivity contribution in [2.45, 2.75) is 37.5 Å². The molecule has 100 valence electrons. The SMILES string of the molecule is CC(CO)CSC1CC(C)c2ccccc2C1N. The molecule has 18 heavy (non-hydrogen) atoms. The van der Waals surface area contributed by atoms with Gasteiger partial charge in [0.25, 0.3) is 0 Å². The number of thioether (sulfide) groups is 1. The van der Waals surface area contributed by atoms with Crippen LogP contribution < -0.4 is 5.73 Å². The third kappa shape index (κ3) is 2.90. The lowest BCUT2D eigenvalue weighted by Gasteiger charge is -2.35. The van der Waals surface area contributed by atoms with Crippen LogP contribution in [0.3, 0.4) is 0 Å². The lowest BCUT2D eigenvalue weighted by molar-refractivity contribution is 0.250. The second-order valence-corrected chi connectivity index (χ2v) is 6.72. The summed E-state index contributed by atoms with van der Waals surface area (Å²) in [5.74, 6) is 1.93. The molecule has 4 atom stereocenters. The van der Waals surface area contributed by atoms with Crippen LogP contribution in [0.2, 0.25) is 0 Å². The summed E-state index contributed by atoms with van der Waals surface area (Å²) < 4.78 is 0. The molecule has 3 heteroatoms. The van der Waals surface area contributed by atoms with Gasteiger partial charge in [-0.25, -0.2) is 0 Å². The maximum absolute atomic E-state index is 9.10. The molecule has 1 aliphatic rings. The number of benzene rings is 1. The standard InChI is InChI=1S/C15H23NOS/c1-10(8-17)9-18-14-7-11(2)12-5-3-4-6-13(12)15(14)16/h3-6,10-11,14-15,17H,7-9,16H2,1-2H3. The normalized spacial score (nSPS) is 28.8. The van der Waals surface area contributed by atoms with E-state index in [1.165, 1.54) is 11.1 Å². The Morgan fingerprint density at radius 1 is 1.39 bits per heavy atom. The van der Waals surface area contributed by atoms with Crippen molar-refractivity contribution in [2.24, 2.45) is 11.7 Å². The number of hydrogen-bond acceptors (Lipinski definition) is 3. The Morgan fingerprint density at radius 3 is 2.72 bits per heavy atom. The van der Waals surface area contributed by atoms with E-state index in [0.29, 0.717) is 17.1 Å². The molecule has 0 spiro atoms. The van der Waals surface area contributed by atoms with Gasteiger partial charge in [-0.05, 0) is 35.1 Å². The number of fused-ring (bicyclic) bond motifs is 1. The third-order valence-electron chi connectivity index (χ3n) is 3.78. The summed E-state index contributed by atoms with van der Waals surface area (Å²) in [5, 5.41) is 9.57. The Balaban J connectivity index is 2.08. The number of aliphatic hydroxyl groups excluding tert-OH is 1. The Bertz CT molecular complexity index is 396. The maximum Gasteiger partial charge on any atom is 0.0464 e. The summed E-state index contributed by atoms with van der Waals surface area (Å²) in [6, 6.07) is 8.68. The lowest BCUT2D eigenvalue weighted by Crippen LogP contribution is -2.31. The first-order valence-electron chi connectivity index (χ1n) is 6.70. The van der Waals surface area contributed by atoms with Crippen molar-refractivity contribution < 1.29 is 5.11 Å². The summed E-state index contributed by atoms with van der Waals surface area (Å²) >= 11 is 1.92. The quantitative estimate of drug-likeness (QED) is 0.880. The van der Waals surface area contributed by atoms with E-state index in [-0.39, 0.29) is 12.6 Å². The first-order valence-corrected chi connectivity index (χ1v) is 7.75. The van der Waals surface area contributed by atoms with E-state index in [4.69, 9.17) is 10.8 Å². The van der Waals surface area contributed by atoms with Crippen molar-refractivity contribution in [1.82, 2.24) is 0 Å². The molecule has 0 aliphatic heterocycles. The van der Waals surface area contributed by atoms with Crippen LogP contribution in [0.4, 0.5) is 0 Å². The van der Waals surface area contributed by atoms with Gasteiger partial charge in [0.1, 0.15) is 0 Å². The molecule has 0 bridgehead atoms. The fourth-order valence-corrected chi connectivity index (χ4v) is 4.06. The van der Waals surface area contributed by atoms with Crippen molar-refractivity contribution >= 4 is 11.8 Å². The zero-order chi connectivity index (χ0) is 13.1.